The number of aromatic nitrogens is 2. The van der Waals surface area contributed by atoms with Crippen molar-refractivity contribution in [3.63, 3.8) is 0 Å². The van der Waals surface area contributed by atoms with Crippen LogP contribution < -0.4 is 5.32 Å². The third-order valence-electron chi connectivity index (χ3n) is 6.11. The van der Waals surface area contributed by atoms with Crippen molar-refractivity contribution in [2.45, 2.75) is 27.2 Å². The fraction of sp³-hybridized carbons (Fsp3) is 0.320. The largest absolute Gasteiger partial charge is 0.338 e. The van der Waals surface area contributed by atoms with Gasteiger partial charge in [0.05, 0.1) is 11.3 Å². The predicted octanol–water partition coefficient (Wildman–Crippen LogP) is 4.46. The number of aryl methyl sites for hydroxylation is 1. The number of nitrogens with zero attached hydrogens (tertiary/aromatic N) is 4. The molecular formula is C25H27N5O4. The van der Waals surface area contributed by atoms with E-state index in [0.29, 0.717) is 41.9 Å². The number of hydrogen-bond donors (Lipinski definition) is 1. The molecule has 4 rings (SSSR count). The van der Waals surface area contributed by atoms with Gasteiger partial charge in [0.25, 0.3) is 17.5 Å². The molecule has 1 aliphatic rings. The second-order valence-electron chi connectivity index (χ2n) is 9.07. The first-order valence-electron chi connectivity index (χ1n) is 11.2. The average molecular weight is 462 g/mol. The summed E-state index contributed by atoms with van der Waals surface area (Å²) in [5.41, 5.74) is 2.03. The lowest BCUT2D eigenvalue weighted by molar-refractivity contribution is -0.384. The number of carbonyl (C=O) groups is 2. The molecule has 2 atom stereocenters. The molecule has 2 heterocycles. The van der Waals surface area contributed by atoms with Crippen LogP contribution in [-0.2, 0) is 0 Å². The third kappa shape index (κ3) is 4.83. The first-order valence-corrected chi connectivity index (χ1v) is 11.2. The summed E-state index contributed by atoms with van der Waals surface area (Å²) in [5, 5.41) is 14.4. The molecule has 0 spiro atoms. The molecule has 2 aromatic carbocycles. The minimum absolute atomic E-state index is 0.0609. The first kappa shape index (κ1) is 23.2. The molecule has 1 aliphatic heterocycles. The van der Waals surface area contributed by atoms with Gasteiger partial charge >= 0.3 is 0 Å². The van der Waals surface area contributed by atoms with Crippen LogP contribution in [0.2, 0.25) is 0 Å². The van der Waals surface area contributed by atoms with Gasteiger partial charge in [-0.25, -0.2) is 4.98 Å². The third-order valence-corrected chi connectivity index (χ3v) is 6.11. The molecule has 1 saturated heterocycles. The second-order valence-corrected chi connectivity index (χ2v) is 9.07. The van der Waals surface area contributed by atoms with Crippen LogP contribution in [-0.4, -0.2) is 44.3 Å². The van der Waals surface area contributed by atoms with Crippen LogP contribution in [0.1, 0.15) is 46.5 Å². The van der Waals surface area contributed by atoms with E-state index in [1.807, 2.05) is 11.8 Å². The monoisotopic (exact) mass is 461 g/mol. The van der Waals surface area contributed by atoms with Gasteiger partial charge in [-0.1, -0.05) is 19.9 Å². The lowest BCUT2D eigenvalue weighted by Gasteiger charge is -2.35. The summed E-state index contributed by atoms with van der Waals surface area (Å²) in [4.78, 5) is 42.9. The number of amides is 2. The van der Waals surface area contributed by atoms with E-state index in [9.17, 15) is 19.7 Å². The van der Waals surface area contributed by atoms with Crippen LogP contribution in [0.3, 0.4) is 0 Å². The number of piperidine rings is 1. The fourth-order valence-electron chi connectivity index (χ4n) is 4.53. The van der Waals surface area contributed by atoms with Crippen LogP contribution in [0.15, 0.2) is 55.1 Å². The molecule has 9 heteroatoms. The lowest BCUT2D eigenvalue weighted by atomic mass is 9.91. The number of imidazole rings is 1. The highest BCUT2D eigenvalue weighted by molar-refractivity contribution is 6.06. The molecule has 1 aromatic heterocycles. The van der Waals surface area contributed by atoms with E-state index >= 15 is 0 Å². The van der Waals surface area contributed by atoms with Gasteiger partial charge in [0, 0.05) is 48.4 Å². The van der Waals surface area contributed by atoms with Gasteiger partial charge < -0.3 is 14.8 Å². The zero-order valence-corrected chi connectivity index (χ0v) is 19.4. The Kier molecular flexibility index (Phi) is 6.45. The van der Waals surface area contributed by atoms with Crippen LogP contribution in [0.5, 0.6) is 0 Å². The zero-order valence-electron chi connectivity index (χ0n) is 19.4. The van der Waals surface area contributed by atoms with Crippen molar-refractivity contribution < 1.29 is 14.5 Å². The Balaban J connectivity index is 1.57. The van der Waals surface area contributed by atoms with E-state index in [1.165, 1.54) is 35.3 Å². The molecule has 0 radical (unpaired) electrons. The minimum Gasteiger partial charge on any atom is -0.338 e. The van der Waals surface area contributed by atoms with E-state index < -0.39 is 10.8 Å². The maximum absolute atomic E-state index is 13.1. The maximum Gasteiger partial charge on any atom is 0.294 e. The van der Waals surface area contributed by atoms with Crippen molar-refractivity contribution >= 4 is 23.2 Å². The molecule has 176 valence electrons. The van der Waals surface area contributed by atoms with Gasteiger partial charge in [-0.3, -0.25) is 19.7 Å². The molecule has 34 heavy (non-hydrogen) atoms. The molecule has 0 bridgehead atoms. The van der Waals surface area contributed by atoms with E-state index in [4.69, 9.17) is 0 Å². The standard InChI is InChI=1S/C25H27N5O4/c1-16-10-17(2)14-29(13-16)25(32)20-5-4-18(3)21(11-20)27-24(31)19-6-7-22(23(12-19)30(33)34)28-9-8-26-15-28/h4-9,11-12,15-17H,10,13-14H2,1-3H3,(H,27,31). The van der Waals surface area contributed by atoms with Crippen LogP contribution >= 0.6 is 0 Å². The van der Waals surface area contributed by atoms with Gasteiger partial charge in [-0.05, 0) is 55.0 Å². The number of nitro groups is 1. The maximum atomic E-state index is 13.1. The van der Waals surface area contributed by atoms with Gasteiger partial charge in [-0.2, -0.15) is 0 Å². The summed E-state index contributed by atoms with van der Waals surface area (Å²) in [7, 11) is 0. The molecule has 9 nitrogen and oxygen atoms in total. The lowest BCUT2D eigenvalue weighted by Crippen LogP contribution is -2.42. The zero-order chi connectivity index (χ0) is 24.4. The van der Waals surface area contributed by atoms with Crippen molar-refractivity contribution in [3.05, 3.63) is 81.9 Å². The number of benzene rings is 2. The van der Waals surface area contributed by atoms with E-state index in [0.717, 1.165) is 12.0 Å². The predicted molar refractivity (Wildman–Crippen MR) is 128 cm³/mol. The number of likely N-dealkylation sites (tertiary alicyclic amines) is 1. The Morgan fingerprint density at radius 1 is 1.09 bits per heavy atom. The van der Waals surface area contributed by atoms with Crippen molar-refractivity contribution in [1.82, 2.24) is 14.5 Å². The molecule has 3 aromatic rings. The number of anilines is 1. The molecule has 1 N–H and O–H groups in total. The van der Waals surface area contributed by atoms with Gasteiger partial charge in [-0.15, -0.1) is 0 Å². The van der Waals surface area contributed by atoms with Crippen LogP contribution in [0, 0.1) is 28.9 Å². The second kappa shape index (κ2) is 9.46. The molecule has 1 fully saturated rings. The molecule has 0 saturated carbocycles. The normalized spacial score (nSPS) is 17.9. The summed E-state index contributed by atoms with van der Waals surface area (Å²) in [6.07, 6.45) is 5.67. The van der Waals surface area contributed by atoms with E-state index in [1.54, 1.807) is 24.4 Å². The number of rotatable bonds is 5. The molecule has 2 unspecified atom stereocenters. The number of nitrogens with one attached hydrogen (secondary N) is 1. The quantitative estimate of drug-likeness (QED) is 0.446. The van der Waals surface area contributed by atoms with Crippen LogP contribution in [0.4, 0.5) is 11.4 Å². The Hall–Kier alpha value is -4.01. The Labute approximate surface area is 197 Å². The van der Waals surface area contributed by atoms with Crippen molar-refractivity contribution in [2.75, 3.05) is 18.4 Å². The average Bonchev–Trinajstić information content (AvgIpc) is 3.33. The highest BCUT2D eigenvalue weighted by Gasteiger charge is 2.26. The summed E-state index contributed by atoms with van der Waals surface area (Å²) < 4.78 is 1.52. The van der Waals surface area contributed by atoms with E-state index in [2.05, 4.69) is 24.1 Å². The summed E-state index contributed by atoms with van der Waals surface area (Å²) in [5.74, 6) is 0.333. The smallest absolute Gasteiger partial charge is 0.294 e. The highest BCUT2D eigenvalue weighted by Crippen LogP contribution is 2.27. The number of carbonyl (C=O) groups excluding carboxylic acids is 2. The molecular weight excluding hydrogens is 434 g/mol. The first-order chi connectivity index (χ1) is 16.2. The summed E-state index contributed by atoms with van der Waals surface area (Å²) in [6, 6.07) is 9.52. The summed E-state index contributed by atoms with van der Waals surface area (Å²) >= 11 is 0. The Morgan fingerprint density at radius 3 is 2.44 bits per heavy atom. The van der Waals surface area contributed by atoms with Crippen molar-refractivity contribution in [1.29, 1.82) is 0 Å². The SMILES string of the molecule is Cc1ccc(C(=O)N2CC(C)CC(C)C2)cc1NC(=O)c1ccc(-n2ccnc2)c([N+](=O)[O-])c1. The van der Waals surface area contributed by atoms with Gasteiger partial charge in [0.2, 0.25) is 0 Å². The van der Waals surface area contributed by atoms with Crippen molar-refractivity contribution in [3.8, 4) is 5.69 Å². The van der Waals surface area contributed by atoms with Gasteiger partial charge in [0.15, 0.2) is 0 Å². The van der Waals surface area contributed by atoms with Gasteiger partial charge in [0.1, 0.15) is 5.69 Å². The highest BCUT2D eigenvalue weighted by atomic mass is 16.6. The topological polar surface area (TPSA) is 110 Å². The molecule has 2 amide bonds. The van der Waals surface area contributed by atoms with Crippen LogP contribution in [0.25, 0.3) is 5.69 Å². The minimum atomic E-state index is -0.530. The number of hydrogen-bond acceptors (Lipinski definition) is 5. The Morgan fingerprint density at radius 2 is 1.79 bits per heavy atom. The fourth-order valence-corrected chi connectivity index (χ4v) is 4.53. The van der Waals surface area contributed by atoms with Crippen molar-refractivity contribution in [2.24, 2.45) is 11.8 Å². The summed E-state index contributed by atoms with van der Waals surface area (Å²) in [6.45, 7) is 7.55. The number of nitro benzene ring substituents is 1. The Bertz CT molecular complexity index is 1230. The molecule has 0 aliphatic carbocycles. The van der Waals surface area contributed by atoms with E-state index in [-0.39, 0.29) is 17.2 Å².